The van der Waals surface area contributed by atoms with E-state index in [2.05, 4.69) is 31.2 Å². The van der Waals surface area contributed by atoms with Gasteiger partial charge in [-0.15, -0.1) is 0 Å². The van der Waals surface area contributed by atoms with E-state index in [1.807, 2.05) is 38.1 Å². The van der Waals surface area contributed by atoms with Crippen LogP contribution >= 0.6 is 15.9 Å². The van der Waals surface area contributed by atoms with Crippen LogP contribution in [0.15, 0.2) is 51.8 Å². The van der Waals surface area contributed by atoms with Gasteiger partial charge in [0.1, 0.15) is 0 Å². The van der Waals surface area contributed by atoms with Crippen molar-refractivity contribution >= 4 is 27.5 Å². The van der Waals surface area contributed by atoms with Crippen molar-refractivity contribution in [2.75, 3.05) is 5.32 Å². The van der Waals surface area contributed by atoms with Crippen molar-refractivity contribution in [1.29, 1.82) is 0 Å². The molecule has 0 unspecified atom stereocenters. The molecule has 0 atom stereocenters. The second-order valence-electron chi connectivity index (χ2n) is 5.11. The first-order valence-corrected chi connectivity index (χ1v) is 7.78. The number of pyridine rings is 1. The number of anilines is 1. The molecule has 5 nitrogen and oxygen atoms in total. The average molecular weight is 372 g/mol. The molecule has 0 spiro atoms. The fourth-order valence-corrected chi connectivity index (χ4v) is 2.48. The molecule has 3 rings (SSSR count). The summed E-state index contributed by atoms with van der Waals surface area (Å²) in [5.41, 5.74) is 3.62. The number of nitrogens with one attached hydrogen (secondary N) is 1. The Kier molecular flexibility index (Phi) is 4.25. The van der Waals surface area contributed by atoms with Gasteiger partial charge in [0.05, 0.1) is 15.9 Å². The van der Waals surface area contributed by atoms with Gasteiger partial charge in [-0.2, -0.15) is 0 Å². The zero-order valence-electron chi connectivity index (χ0n) is 12.6. The lowest BCUT2D eigenvalue weighted by Gasteiger charge is -2.08. The maximum Gasteiger partial charge on any atom is 0.278 e. The van der Waals surface area contributed by atoms with Crippen molar-refractivity contribution in [3.63, 3.8) is 0 Å². The minimum Gasteiger partial charge on any atom is -0.443 e. The minimum absolute atomic E-state index is 0.246. The zero-order chi connectivity index (χ0) is 16.4. The molecule has 6 heteroatoms. The number of oxazole rings is 1. The van der Waals surface area contributed by atoms with Crippen LogP contribution in [0.3, 0.4) is 0 Å². The van der Waals surface area contributed by atoms with Crippen LogP contribution in [0.4, 0.5) is 5.69 Å². The van der Waals surface area contributed by atoms with Crippen LogP contribution in [-0.2, 0) is 0 Å². The quantitative estimate of drug-likeness (QED) is 0.742. The van der Waals surface area contributed by atoms with E-state index in [0.29, 0.717) is 11.4 Å². The number of hydrogen-bond donors (Lipinski definition) is 1. The Hall–Kier alpha value is -2.47. The number of nitrogens with zero attached hydrogens (tertiary/aromatic N) is 2. The van der Waals surface area contributed by atoms with Gasteiger partial charge in [-0.05, 0) is 35.8 Å². The second kappa shape index (κ2) is 6.34. The Labute approximate surface area is 141 Å². The summed E-state index contributed by atoms with van der Waals surface area (Å²) in [6.45, 7) is 3.86. The van der Waals surface area contributed by atoms with Gasteiger partial charge in [-0.25, -0.2) is 4.98 Å². The maximum absolute atomic E-state index is 12.5. The summed E-state index contributed by atoms with van der Waals surface area (Å²) in [6.07, 6.45) is 2.91. The highest BCUT2D eigenvalue weighted by Crippen LogP contribution is 2.27. The SMILES string of the molecule is Cc1ccc(-c2ocnc2C(=O)Nc2ccnc(C)c2Br)cc1. The molecule has 3 aromatic rings. The number of benzene rings is 1. The van der Waals surface area contributed by atoms with Gasteiger partial charge < -0.3 is 9.73 Å². The van der Waals surface area contributed by atoms with Crippen molar-refractivity contribution in [2.24, 2.45) is 0 Å². The van der Waals surface area contributed by atoms with Gasteiger partial charge in [0, 0.05) is 11.8 Å². The van der Waals surface area contributed by atoms with Crippen LogP contribution in [0.25, 0.3) is 11.3 Å². The first kappa shape index (κ1) is 15.4. The summed E-state index contributed by atoms with van der Waals surface area (Å²) < 4.78 is 6.15. The van der Waals surface area contributed by atoms with E-state index in [0.717, 1.165) is 21.3 Å². The van der Waals surface area contributed by atoms with Crippen LogP contribution in [0.1, 0.15) is 21.7 Å². The second-order valence-corrected chi connectivity index (χ2v) is 5.90. The monoisotopic (exact) mass is 371 g/mol. The topological polar surface area (TPSA) is 68.0 Å². The molecule has 0 radical (unpaired) electrons. The van der Waals surface area contributed by atoms with Crippen molar-refractivity contribution in [1.82, 2.24) is 9.97 Å². The molecule has 0 aliphatic carbocycles. The van der Waals surface area contributed by atoms with Crippen molar-refractivity contribution in [3.8, 4) is 11.3 Å². The third kappa shape index (κ3) is 3.17. The lowest BCUT2D eigenvalue weighted by atomic mass is 10.1. The summed E-state index contributed by atoms with van der Waals surface area (Å²) >= 11 is 3.42. The van der Waals surface area contributed by atoms with E-state index in [1.165, 1.54) is 6.39 Å². The molecule has 0 saturated heterocycles. The lowest BCUT2D eigenvalue weighted by Crippen LogP contribution is -2.14. The summed E-state index contributed by atoms with van der Waals surface area (Å²) in [5.74, 6) is 0.116. The van der Waals surface area contributed by atoms with Crippen molar-refractivity contribution < 1.29 is 9.21 Å². The van der Waals surface area contributed by atoms with Gasteiger partial charge in [-0.3, -0.25) is 9.78 Å². The molecule has 0 fully saturated rings. The zero-order valence-corrected chi connectivity index (χ0v) is 14.2. The molecule has 0 saturated carbocycles. The highest BCUT2D eigenvalue weighted by atomic mass is 79.9. The smallest absolute Gasteiger partial charge is 0.278 e. The standard InChI is InChI=1S/C17H14BrN3O2/c1-10-3-5-12(6-4-10)16-15(20-9-23-16)17(22)21-13-7-8-19-11(2)14(13)18/h3-9H,1-2H3,(H,19,21,22). The molecular weight excluding hydrogens is 358 g/mol. The van der Waals surface area contributed by atoms with Crippen molar-refractivity contribution in [3.05, 3.63) is 64.3 Å². The van der Waals surface area contributed by atoms with Gasteiger partial charge in [-0.1, -0.05) is 29.8 Å². The third-order valence-electron chi connectivity index (χ3n) is 3.41. The van der Waals surface area contributed by atoms with E-state index in [9.17, 15) is 4.79 Å². The van der Waals surface area contributed by atoms with E-state index in [-0.39, 0.29) is 11.6 Å². The summed E-state index contributed by atoms with van der Waals surface area (Å²) in [5, 5.41) is 2.83. The number of rotatable bonds is 3. The molecule has 0 bridgehead atoms. The Morgan fingerprint density at radius 2 is 1.87 bits per heavy atom. The normalized spacial score (nSPS) is 10.6. The number of hydrogen-bond acceptors (Lipinski definition) is 4. The number of aromatic nitrogens is 2. The van der Waals surface area contributed by atoms with Crippen molar-refractivity contribution in [2.45, 2.75) is 13.8 Å². The Bertz CT molecular complexity index is 857. The van der Waals surface area contributed by atoms with Crippen LogP contribution in [0, 0.1) is 13.8 Å². The van der Waals surface area contributed by atoms with Gasteiger partial charge in [0.15, 0.2) is 17.8 Å². The molecule has 23 heavy (non-hydrogen) atoms. The molecule has 2 aromatic heterocycles. The predicted molar refractivity (Wildman–Crippen MR) is 91.3 cm³/mol. The average Bonchev–Trinajstić information content (AvgIpc) is 3.02. The molecule has 0 aliphatic rings. The van der Waals surface area contributed by atoms with Crippen LogP contribution in [-0.4, -0.2) is 15.9 Å². The maximum atomic E-state index is 12.5. The fourth-order valence-electron chi connectivity index (χ4n) is 2.14. The van der Waals surface area contributed by atoms with Gasteiger partial charge in [0.25, 0.3) is 5.91 Å². The number of aryl methyl sites for hydroxylation is 2. The van der Waals surface area contributed by atoms with Crippen LogP contribution < -0.4 is 5.32 Å². The molecule has 0 aliphatic heterocycles. The number of halogens is 1. The number of amides is 1. The molecule has 1 aromatic carbocycles. The Balaban J connectivity index is 1.91. The molecule has 1 amide bonds. The summed E-state index contributed by atoms with van der Waals surface area (Å²) in [7, 11) is 0. The molecule has 1 N–H and O–H groups in total. The Morgan fingerprint density at radius 3 is 2.61 bits per heavy atom. The van der Waals surface area contributed by atoms with E-state index in [4.69, 9.17) is 4.42 Å². The summed E-state index contributed by atoms with van der Waals surface area (Å²) in [4.78, 5) is 20.7. The summed E-state index contributed by atoms with van der Waals surface area (Å²) in [6, 6.07) is 9.45. The first-order chi connectivity index (χ1) is 11.1. The molecule has 2 heterocycles. The van der Waals surface area contributed by atoms with Crippen LogP contribution in [0.5, 0.6) is 0 Å². The number of carbonyl (C=O) groups excluding carboxylic acids is 1. The predicted octanol–water partition coefficient (Wildman–Crippen LogP) is 4.37. The highest BCUT2D eigenvalue weighted by molar-refractivity contribution is 9.10. The largest absolute Gasteiger partial charge is 0.443 e. The first-order valence-electron chi connectivity index (χ1n) is 6.99. The third-order valence-corrected chi connectivity index (χ3v) is 4.41. The fraction of sp³-hybridized carbons (Fsp3) is 0.118. The van der Waals surface area contributed by atoms with Crippen LogP contribution in [0.2, 0.25) is 0 Å². The molecule has 116 valence electrons. The van der Waals surface area contributed by atoms with E-state index < -0.39 is 0 Å². The van der Waals surface area contributed by atoms with Gasteiger partial charge in [0.2, 0.25) is 0 Å². The molecular formula is C17H14BrN3O2. The highest BCUT2D eigenvalue weighted by Gasteiger charge is 2.19. The Morgan fingerprint density at radius 1 is 1.13 bits per heavy atom. The van der Waals surface area contributed by atoms with E-state index >= 15 is 0 Å². The van der Waals surface area contributed by atoms with E-state index in [1.54, 1.807) is 12.3 Å². The van der Waals surface area contributed by atoms with Gasteiger partial charge >= 0.3 is 0 Å². The number of carbonyl (C=O) groups is 1. The minimum atomic E-state index is -0.333. The lowest BCUT2D eigenvalue weighted by molar-refractivity contribution is 0.102.